The molecule has 0 aromatic carbocycles. The second kappa shape index (κ2) is 6.53. The number of hydrogen-bond donors (Lipinski definition) is 0. The van der Waals surface area contributed by atoms with Crippen molar-refractivity contribution >= 4 is 75.0 Å². The SMILES string of the molecule is O=C(Cl)CCSc1c(Cl)c(Cl)nc(Cl)c1Cl. The van der Waals surface area contributed by atoms with Crippen LogP contribution in [0.4, 0.5) is 0 Å². The molecule has 8 heteroatoms. The van der Waals surface area contributed by atoms with Crippen molar-refractivity contribution in [2.24, 2.45) is 0 Å². The molecule has 0 amide bonds. The van der Waals surface area contributed by atoms with E-state index in [2.05, 4.69) is 4.98 Å². The molecule has 2 nitrogen and oxygen atoms in total. The Morgan fingerprint density at radius 1 is 1.12 bits per heavy atom. The summed E-state index contributed by atoms with van der Waals surface area (Å²) < 4.78 is 0. The van der Waals surface area contributed by atoms with Gasteiger partial charge in [0.2, 0.25) is 5.24 Å². The zero-order valence-electron chi connectivity index (χ0n) is 7.57. The van der Waals surface area contributed by atoms with Gasteiger partial charge in [-0.05, 0) is 11.6 Å². The molecule has 0 spiro atoms. The molecule has 1 aromatic heterocycles. The highest BCUT2D eigenvalue weighted by molar-refractivity contribution is 7.99. The Morgan fingerprint density at radius 3 is 2.06 bits per heavy atom. The first-order chi connectivity index (χ1) is 7.43. The fourth-order valence-electron chi connectivity index (χ4n) is 0.828. The summed E-state index contributed by atoms with van der Waals surface area (Å²) in [4.78, 5) is 14.8. The Balaban J connectivity index is 2.90. The number of halogens is 5. The van der Waals surface area contributed by atoms with E-state index < -0.39 is 5.24 Å². The van der Waals surface area contributed by atoms with Crippen LogP contribution in [0.5, 0.6) is 0 Å². The predicted octanol–water partition coefficient (Wildman–Crippen LogP) is 4.94. The summed E-state index contributed by atoms with van der Waals surface area (Å²) in [6.07, 6.45) is 0.205. The normalized spacial score (nSPS) is 10.6. The van der Waals surface area contributed by atoms with Crippen molar-refractivity contribution in [3.8, 4) is 0 Å². The number of pyridine rings is 1. The predicted molar refractivity (Wildman–Crippen MR) is 70.5 cm³/mol. The van der Waals surface area contributed by atoms with Gasteiger partial charge in [-0.15, -0.1) is 11.8 Å². The monoisotopic (exact) mass is 337 g/mol. The molecule has 0 atom stereocenters. The molecule has 88 valence electrons. The molecule has 0 saturated carbocycles. The minimum atomic E-state index is -0.425. The van der Waals surface area contributed by atoms with E-state index in [1.165, 1.54) is 11.8 Å². The Labute approximate surface area is 122 Å². The van der Waals surface area contributed by atoms with Crippen LogP contribution in [-0.4, -0.2) is 16.0 Å². The van der Waals surface area contributed by atoms with Gasteiger partial charge in [0.25, 0.3) is 0 Å². The smallest absolute Gasteiger partial charge is 0.222 e. The Bertz CT molecular complexity index is 399. The van der Waals surface area contributed by atoms with Crippen molar-refractivity contribution in [3.05, 3.63) is 20.4 Å². The van der Waals surface area contributed by atoms with E-state index >= 15 is 0 Å². The van der Waals surface area contributed by atoms with Crippen LogP contribution >= 0.6 is 69.8 Å². The summed E-state index contributed by atoms with van der Waals surface area (Å²) in [6, 6.07) is 0. The quantitative estimate of drug-likeness (QED) is 0.442. The molecule has 0 radical (unpaired) electrons. The molecular weight excluding hydrogens is 335 g/mol. The lowest BCUT2D eigenvalue weighted by Crippen LogP contribution is -1.91. The third-order valence-electron chi connectivity index (χ3n) is 1.50. The topological polar surface area (TPSA) is 30.0 Å². The van der Waals surface area contributed by atoms with E-state index in [1.54, 1.807) is 0 Å². The highest BCUT2D eigenvalue weighted by Crippen LogP contribution is 2.41. The van der Waals surface area contributed by atoms with Gasteiger partial charge in [-0.2, -0.15) is 0 Å². The van der Waals surface area contributed by atoms with Crippen molar-refractivity contribution in [3.63, 3.8) is 0 Å². The second-order valence-corrected chi connectivity index (χ2v) is 5.60. The minimum Gasteiger partial charge on any atom is -0.281 e. The van der Waals surface area contributed by atoms with E-state index in [9.17, 15) is 4.79 Å². The summed E-state index contributed by atoms with van der Waals surface area (Å²) in [6.45, 7) is 0. The van der Waals surface area contributed by atoms with Crippen LogP contribution in [-0.2, 0) is 4.79 Å². The van der Waals surface area contributed by atoms with Crippen molar-refractivity contribution in [2.75, 3.05) is 5.75 Å². The molecule has 0 fully saturated rings. The van der Waals surface area contributed by atoms with Gasteiger partial charge in [0.1, 0.15) is 0 Å². The highest BCUT2D eigenvalue weighted by atomic mass is 35.5. The first-order valence-electron chi connectivity index (χ1n) is 3.94. The van der Waals surface area contributed by atoms with Gasteiger partial charge in [-0.1, -0.05) is 46.4 Å². The second-order valence-electron chi connectivity index (χ2n) is 2.60. The maximum atomic E-state index is 10.6. The maximum Gasteiger partial charge on any atom is 0.222 e. The lowest BCUT2D eigenvalue weighted by molar-refractivity contribution is -0.111. The molecule has 0 bridgehead atoms. The molecule has 0 aliphatic heterocycles. The van der Waals surface area contributed by atoms with E-state index in [0.717, 1.165) is 0 Å². The largest absolute Gasteiger partial charge is 0.281 e. The lowest BCUT2D eigenvalue weighted by Gasteiger charge is -2.08. The van der Waals surface area contributed by atoms with Crippen LogP contribution in [0, 0.1) is 0 Å². The summed E-state index contributed by atoms with van der Waals surface area (Å²) in [5.74, 6) is 0.443. The number of carbonyl (C=O) groups is 1. The van der Waals surface area contributed by atoms with Gasteiger partial charge < -0.3 is 0 Å². The zero-order valence-corrected chi connectivity index (χ0v) is 12.2. The molecular formula is C8H4Cl5NOS. The molecule has 0 unspecified atom stereocenters. The third-order valence-corrected chi connectivity index (χ3v) is 4.50. The van der Waals surface area contributed by atoms with Crippen molar-refractivity contribution < 1.29 is 4.79 Å². The van der Waals surface area contributed by atoms with Crippen LogP contribution in [0.1, 0.15) is 6.42 Å². The number of aromatic nitrogens is 1. The lowest BCUT2D eigenvalue weighted by atomic mass is 10.5. The van der Waals surface area contributed by atoms with Gasteiger partial charge in [-0.3, -0.25) is 4.79 Å². The summed E-state index contributed by atoms with van der Waals surface area (Å²) in [5, 5.41) is 0.184. The Morgan fingerprint density at radius 2 is 1.62 bits per heavy atom. The maximum absolute atomic E-state index is 10.6. The summed E-state index contributed by atoms with van der Waals surface area (Å²) in [5.41, 5.74) is 0. The standard InChI is InChI=1S/C8H4Cl5NOS/c9-3(15)1-2-16-6-4(10)7(12)14-8(13)5(6)11/h1-2H2. The number of rotatable bonds is 4. The van der Waals surface area contributed by atoms with E-state index in [1.807, 2.05) is 0 Å². The zero-order chi connectivity index (χ0) is 12.3. The molecule has 0 saturated heterocycles. The molecule has 1 rings (SSSR count). The molecule has 0 aliphatic rings. The summed E-state index contributed by atoms with van der Waals surface area (Å²) >= 11 is 29.8. The van der Waals surface area contributed by atoms with E-state index in [0.29, 0.717) is 10.6 Å². The highest BCUT2D eigenvalue weighted by Gasteiger charge is 2.15. The fourth-order valence-corrected chi connectivity index (χ4v) is 3.14. The molecule has 1 aromatic rings. The third kappa shape index (κ3) is 3.83. The Kier molecular flexibility index (Phi) is 5.99. The number of carbonyl (C=O) groups excluding carboxylic acids is 1. The first-order valence-corrected chi connectivity index (χ1v) is 6.82. The van der Waals surface area contributed by atoms with Gasteiger partial charge in [0.15, 0.2) is 10.3 Å². The van der Waals surface area contributed by atoms with Crippen LogP contribution in [0.25, 0.3) is 0 Å². The van der Waals surface area contributed by atoms with Gasteiger partial charge in [0.05, 0.1) is 14.9 Å². The average molecular weight is 339 g/mol. The first kappa shape index (κ1) is 14.7. The number of thioether (sulfide) groups is 1. The van der Waals surface area contributed by atoms with Crippen LogP contribution in [0.3, 0.4) is 0 Å². The number of nitrogens with zero attached hydrogens (tertiary/aromatic N) is 1. The molecule has 16 heavy (non-hydrogen) atoms. The van der Waals surface area contributed by atoms with Crippen molar-refractivity contribution in [2.45, 2.75) is 11.3 Å². The van der Waals surface area contributed by atoms with Gasteiger partial charge >= 0.3 is 0 Å². The van der Waals surface area contributed by atoms with E-state index in [4.69, 9.17) is 58.0 Å². The average Bonchev–Trinajstić information content (AvgIpc) is 2.20. The van der Waals surface area contributed by atoms with Crippen molar-refractivity contribution in [1.29, 1.82) is 0 Å². The summed E-state index contributed by atoms with van der Waals surface area (Å²) in [7, 11) is 0. The number of hydrogen-bond acceptors (Lipinski definition) is 3. The molecule has 0 N–H and O–H groups in total. The Hall–Kier alpha value is 0.620. The van der Waals surface area contributed by atoms with Crippen LogP contribution in [0.2, 0.25) is 20.4 Å². The van der Waals surface area contributed by atoms with Crippen molar-refractivity contribution in [1.82, 2.24) is 4.98 Å². The van der Waals surface area contributed by atoms with Crippen LogP contribution in [0.15, 0.2) is 4.90 Å². The van der Waals surface area contributed by atoms with Gasteiger partial charge in [0, 0.05) is 12.2 Å². The fraction of sp³-hybridized carbons (Fsp3) is 0.250. The molecule has 0 aliphatic carbocycles. The van der Waals surface area contributed by atoms with E-state index in [-0.39, 0.29) is 26.8 Å². The minimum absolute atomic E-state index is 0.0794. The van der Waals surface area contributed by atoms with Crippen LogP contribution < -0.4 is 0 Å². The van der Waals surface area contributed by atoms with Gasteiger partial charge in [-0.25, -0.2) is 4.98 Å². The molecule has 1 heterocycles.